The number of aromatic nitrogens is 2. The quantitative estimate of drug-likeness (QED) is 0.429. The van der Waals surface area contributed by atoms with Crippen molar-refractivity contribution in [3.8, 4) is 11.5 Å². The van der Waals surface area contributed by atoms with Crippen LogP contribution in [0.1, 0.15) is 39.0 Å². The van der Waals surface area contributed by atoms with Crippen molar-refractivity contribution in [3.63, 3.8) is 0 Å². The number of nitrogens with zero attached hydrogens (tertiary/aromatic N) is 2. The highest BCUT2D eigenvalue weighted by molar-refractivity contribution is 5.96. The monoisotopic (exact) mass is 493 g/mol. The van der Waals surface area contributed by atoms with Crippen LogP contribution in [0.2, 0.25) is 0 Å². The van der Waals surface area contributed by atoms with E-state index in [0.29, 0.717) is 24.5 Å². The van der Waals surface area contributed by atoms with Crippen molar-refractivity contribution in [1.82, 2.24) is 15.3 Å². The summed E-state index contributed by atoms with van der Waals surface area (Å²) < 4.78 is 60.6. The molecule has 0 radical (unpaired) electrons. The van der Waals surface area contributed by atoms with Crippen LogP contribution in [0.5, 0.6) is 11.5 Å². The molecule has 4 rings (SSSR count). The Balaban J connectivity index is 0.000000241. The molecular weight excluding hydrogens is 474 g/mol. The van der Waals surface area contributed by atoms with Crippen LogP contribution in [0.25, 0.3) is 0 Å². The van der Waals surface area contributed by atoms with Crippen LogP contribution in [0.15, 0.2) is 60.9 Å². The molecule has 35 heavy (non-hydrogen) atoms. The van der Waals surface area contributed by atoms with Gasteiger partial charge in [-0.2, -0.15) is 0 Å². The zero-order valence-corrected chi connectivity index (χ0v) is 18.2. The Morgan fingerprint density at radius 1 is 1.09 bits per heavy atom. The number of carbonyl (C=O) groups excluding carboxylic acids is 2. The molecule has 2 aromatic heterocycles. The predicted octanol–water partition coefficient (Wildman–Crippen LogP) is 4.24. The van der Waals surface area contributed by atoms with Gasteiger partial charge < -0.3 is 19.5 Å². The fraction of sp³-hybridized carbons (Fsp3) is 0.217. The lowest BCUT2D eigenvalue weighted by Gasteiger charge is -2.25. The van der Waals surface area contributed by atoms with Crippen molar-refractivity contribution >= 4 is 11.9 Å². The standard InChI is InChI=1S/C16H15N3O4.C7H4F4O/c1-22-16(21)10-4-7-17-12(9-10)15(20)19-11-5-8-23-13-3-2-6-18-14(11)13;8-5-3-1-2-4-6(5)12-7(9,10)11/h2-4,6-7,9,11H,5,8H2,1H3,(H,19,20);1-4H. The molecule has 1 aromatic carbocycles. The molecule has 1 unspecified atom stereocenters. The van der Waals surface area contributed by atoms with Crippen LogP contribution >= 0.6 is 0 Å². The average Bonchev–Trinajstić information content (AvgIpc) is 2.85. The number of pyridine rings is 2. The Hall–Kier alpha value is -4.22. The number of halogens is 4. The first-order valence-corrected chi connectivity index (χ1v) is 10.1. The maximum absolute atomic E-state index is 12.5. The van der Waals surface area contributed by atoms with Gasteiger partial charge in [0.15, 0.2) is 11.6 Å². The summed E-state index contributed by atoms with van der Waals surface area (Å²) in [6, 6.07) is 10.6. The number of hydrogen-bond acceptors (Lipinski definition) is 7. The van der Waals surface area contributed by atoms with Gasteiger partial charge in [-0.15, -0.1) is 13.2 Å². The van der Waals surface area contributed by atoms with Gasteiger partial charge in [-0.05, 0) is 36.4 Å². The second-order valence-corrected chi connectivity index (χ2v) is 6.95. The molecule has 184 valence electrons. The number of para-hydroxylation sites is 1. The molecule has 0 saturated heterocycles. The van der Waals surface area contributed by atoms with Crippen LogP contribution < -0.4 is 14.8 Å². The maximum atomic E-state index is 12.5. The fourth-order valence-corrected chi connectivity index (χ4v) is 3.03. The zero-order valence-electron chi connectivity index (χ0n) is 18.2. The minimum absolute atomic E-state index is 0.150. The first-order chi connectivity index (χ1) is 16.7. The summed E-state index contributed by atoms with van der Waals surface area (Å²) in [7, 11) is 1.28. The van der Waals surface area contributed by atoms with E-state index in [4.69, 9.17) is 4.74 Å². The molecule has 0 spiro atoms. The summed E-state index contributed by atoms with van der Waals surface area (Å²) in [6.07, 6.45) is -1.17. The van der Waals surface area contributed by atoms with Gasteiger partial charge in [0.1, 0.15) is 17.1 Å². The van der Waals surface area contributed by atoms with Gasteiger partial charge in [-0.25, -0.2) is 9.18 Å². The molecule has 8 nitrogen and oxygen atoms in total. The Morgan fingerprint density at radius 3 is 2.57 bits per heavy atom. The van der Waals surface area contributed by atoms with Gasteiger partial charge in [-0.3, -0.25) is 14.8 Å². The van der Waals surface area contributed by atoms with Crippen molar-refractivity contribution in [1.29, 1.82) is 0 Å². The molecule has 1 atom stereocenters. The number of carbonyl (C=O) groups is 2. The third kappa shape index (κ3) is 7.13. The number of rotatable bonds is 4. The largest absolute Gasteiger partial charge is 0.573 e. The Morgan fingerprint density at radius 2 is 1.86 bits per heavy atom. The summed E-state index contributed by atoms with van der Waals surface area (Å²) in [5.41, 5.74) is 1.12. The Kier molecular flexibility index (Phi) is 8.18. The molecule has 12 heteroatoms. The predicted molar refractivity (Wildman–Crippen MR) is 113 cm³/mol. The van der Waals surface area contributed by atoms with Crippen molar-refractivity contribution in [2.45, 2.75) is 18.8 Å². The van der Waals surface area contributed by atoms with Gasteiger partial charge in [0.05, 0.1) is 25.3 Å². The van der Waals surface area contributed by atoms with E-state index in [1.165, 1.54) is 37.6 Å². The number of benzene rings is 1. The van der Waals surface area contributed by atoms with Crippen molar-refractivity contribution in [2.75, 3.05) is 13.7 Å². The normalized spacial score (nSPS) is 14.4. The molecule has 0 saturated carbocycles. The van der Waals surface area contributed by atoms with Crippen LogP contribution in [0.4, 0.5) is 17.6 Å². The second kappa shape index (κ2) is 11.3. The molecule has 1 aliphatic rings. The molecule has 1 N–H and O–H groups in total. The lowest BCUT2D eigenvalue weighted by molar-refractivity contribution is -0.275. The molecule has 0 fully saturated rings. The van der Waals surface area contributed by atoms with E-state index in [-0.39, 0.29) is 23.2 Å². The molecule has 3 aromatic rings. The number of esters is 1. The number of ether oxygens (including phenoxy) is 3. The Labute approximate surface area is 196 Å². The highest BCUT2D eigenvalue weighted by Crippen LogP contribution is 2.29. The van der Waals surface area contributed by atoms with E-state index < -0.39 is 23.9 Å². The summed E-state index contributed by atoms with van der Waals surface area (Å²) in [6.45, 7) is 0.499. The van der Waals surface area contributed by atoms with E-state index in [1.54, 1.807) is 12.3 Å². The minimum atomic E-state index is -4.85. The third-order valence-corrected chi connectivity index (χ3v) is 4.58. The number of amides is 1. The Bertz CT molecular complexity index is 1190. The van der Waals surface area contributed by atoms with E-state index >= 15 is 0 Å². The smallest absolute Gasteiger partial charge is 0.491 e. The number of methoxy groups -OCH3 is 1. The fourth-order valence-electron chi connectivity index (χ4n) is 3.03. The van der Waals surface area contributed by atoms with Crippen LogP contribution in [0.3, 0.4) is 0 Å². The van der Waals surface area contributed by atoms with Gasteiger partial charge in [0, 0.05) is 18.8 Å². The summed E-state index contributed by atoms with van der Waals surface area (Å²) in [5, 5.41) is 2.88. The second-order valence-electron chi connectivity index (χ2n) is 6.95. The molecule has 0 aliphatic carbocycles. The van der Waals surface area contributed by atoms with Gasteiger partial charge in [0.2, 0.25) is 0 Å². The van der Waals surface area contributed by atoms with Crippen molar-refractivity contribution < 1.29 is 41.4 Å². The summed E-state index contributed by atoms with van der Waals surface area (Å²) in [5.74, 6) is -2.07. The van der Waals surface area contributed by atoms with E-state index in [2.05, 4.69) is 24.8 Å². The van der Waals surface area contributed by atoms with E-state index in [1.807, 2.05) is 6.07 Å². The SMILES string of the molecule is COC(=O)c1ccnc(C(=O)NC2CCOc3cccnc32)c1.Fc1ccccc1OC(F)(F)F. The summed E-state index contributed by atoms with van der Waals surface area (Å²) >= 11 is 0. The van der Waals surface area contributed by atoms with Gasteiger partial charge >= 0.3 is 12.3 Å². The van der Waals surface area contributed by atoms with Gasteiger partial charge in [-0.1, -0.05) is 12.1 Å². The number of fused-ring (bicyclic) bond motifs is 1. The molecule has 1 aliphatic heterocycles. The number of nitrogens with one attached hydrogen (secondary N) is 1. The van der Waals surface area contributed by atoms with Crippen molar-refractivity contribution in [3.05, 3.63) is 83.7 Å². The molecule has 3 heterocycles. The highest BCUT2D eigenvalue weighted by atomic mass is 19.4. The maximum Gasteiger partial charge on any atom is 0.573 e. The minimum Gasteiger partial charge on any atom is -0.491 e. The summed E-state index contributed by atoms with van der Waals surface area (Å²) in [4.78, 5) is 32.2. The first-order valence-electron chi connectivity index (χ1n) is 10.1. The van der Waals surface area contributed by atoms with Crippen LogP contribution in [-0.2, 0) is 4.74 Å². The van der Waals surface area contributed by atoms with Gasteiger partial charge in [0.25, 0.3) is 5.91 Å². The van der Waals surface area contributed by atoms with E-state index in [0.717, 1.165) is 12.1 Å². The van der Waals surface area contributed by atoms with Crippen molar-refractivity contribution in [2.24, 2.45) is 0 Å². The lowest BCUT2D eigenvalue weighted by atomic mass is 10.1. The molecule has 0 bridgehead atoms. The first kappa shape index (κ1) is 25.4. The number of hydrogen-bond donors (Lipinski definition) is 1. The molecule has 1 amide bonds. The highest BCUT2D eigenvalue weighted by Gasteiger charge is 2.32. The lowest BCUT2D eigenvalue weighted by Crippen LogP contribution is -2.33. The molecular formula is C23H19F4N3O5. The topological polar surface area (TPSA) is 99.6 Å². The van der Waals surface area contributed by atoms with Crippen LogP contribution in [-0.4, -0.2) is 41.9 Å². The third-order valence-electron chi connectivity index (χ3n) is 4.58. The van der Waals surface area contributed by atoms with E-state index in [9.17, 15) is 27.2 Å². The number of alkyl halides is 3. The zero-order chi connectivity index (χ0) is 25.4. The van der Waals surface area contributed by atoms with Crippen LogP contribution in [0, 0.1) is 5.82 Å². The average molecular weight is 493 g/mol.